The highest BCUT2D eigenvalue weighted by atomic mass is 79.9. The third-order valence-corrected chi connectivity index (χ3v) is 3.93. The summed E-state index contributed by atoms with van der Waals surface area (Å²) in [6, 6.07) is 0. The molecule has 0 saturated heterocycles. The van der Waals surface area contributed by atoms with Crippen LogP contribution in [0.2, 0.25) is 0 Å². The van der Waals surface area contributed by atoms with Crippen LogP contribution in [0.15, 0.2) is 28.8 Å². The highest BCUT2D eigenvalue weighted by molar-refractivity contribution is 6.17. The summed E-state index contributed by atoms with van der Waals surface area (Å²) < 4.78 is 5.89. The highest BCUT2D eigenvalue weighted by Crippen LogP contribution is 2.23. The smallest absolute Gasteiger partial charge is 0.421 e. The minimum absolute atomic E-state index is 0. The predicted octanol–water partition coefficient (Wildman–Crippen LogP) is -4.19. The van der Waals surface area contributed by atoms with E-state index in [1.807, 2.05) is 12.4 Å². The lowest BCUT2D eigenvalue weighted by Crippen LogP contribution is -3.00. The number of hydrogen-bond acceptors (Lipinski definition) is 5. The van der Waals surface area contributed by atoms with Crippen LogP contribution in [0.3, 0.4) is 0 Å². The maximum Gasteiger partial charge on any atom is 0.421 e. The molecule has 0 amide bonds. The van der Waals surface area contributed by atoms with Crippen LogP contribution in [0.1, 0.15) is 26.2 Å². The summed E-state index contributed by atoms with van der Waals surface area (Å²) in [5.74, 6) is 1.95. The molecule has 0 atom stereocenters. The normalized spacial score (nSPS) is 10.3. The van der Waals surface area contributed by atoms with Gasteiger partial charge >= 0.3 is 5.95 Å². The van der Waals surface area contributed by atoms with Crippen molar-refractivity contribution in [1.82, 2.24) is 20.5 Å². The molecule has 0 spiro atoms. The monoisotopic (exact) mass is 485 g/mol. The average Bonchev–Trinajstić information content (AvgIpc) is 3.13. The lowest BCUT2D eigenvalue weighted by molar-refractivity contribution is -0.683. The van der Waals surface area contributed by atoms with Crippen molar-refractivity contribution in [2.24, 2.45) is 10.2 Å². The number of nitrogen functional groups attached to an aromatic ring is 1. The van der Waals surface area contributed by atoms with Gasteiger partial charge in [-0.25, -0.2) is 13.8 Å². The number of halogens is 3. The Morgan fingerprint density at radius 1 is 1.30 bits per heavy atom. The van der Waals surface area contributed by atoms with Crippen LogP contribution in [0, 0.1) is 0 Å². The number of hydrogen-bond donors (Lipinski definition) is 3. The van der Waals surface area contributed by atoms with E-state index in [2.05, 4.69) is 37.1 Å². The Kier molecular flexibility index (Phi) is 15.4. The highest BCUT2D eigenvalue weighted by Gasteiger charge is 2.17. The largest absolute Gasteiger partial charge is 1.00 e. The summed E-state index contributed by atoms with van der Waals surface area (Å²) >= 11 is 5.80. The number of aryl methyl sites for hydroxylation is 3. The van der Waals surface area contributed by atoms with Gasteiger partial charge in [0.05, 0.1) is 38.2 Å². The summed E-state index contributed by atoms with van der Waals surface area (Å²) in [7, 11) is 0. The van der Waals surface area contributed by atoms with Gasteiger partial charge in [-0.2, -0.15) is 5.10 Å². The van der Waals surface area contributed by atoms with Crippen LogP contribution in [0.25, 0.3) is 0 Å². The van der Waals surface area contributed by atoms with Crippen molar-refractivity contribution in [2.75, 3.05) is 18.2 Å². The second kappa shape index (κ2) is 14.8. The van der Waals surface area contributed by atoms with Gasteiger partial charge in [0.1, 0.15) is 0 Å². The molecule has 27 heavy (non-hydrogen) atoms. The first-order valence-corrected chi connectivity index (χ1v) is 8.91. The Labute approximate surface area is 181 Å². The minimum Gasteiger partial charge on any atom is -1.00 e. The van der Waals surface area contributed by atoms with Gasteiger partial charge in [-0.15, -0.1) is 11.6 Å². The van der Waals surface area contributed by atoms with Crippen molar-refractivity contribution in [1.29, 1.82) is 0 Å². The van der Waals surface area contributed by atoms with Crippen molar-refractivity contribution in [2.45, 2.75) is 45.8 Å². The van der Waals surface area contributed by atoms with E-state index >= 15 is 0 Å². The fourth-order valence-electron chi connectivity index (χ4n) is 2.39. The minimum atomic E-state index is 0. The molecule has 0 fully saturated rings. The first-order chi connectivity index (χ1) is 11.7. The Hall–Kier alpha value is -1.20. The molecule has 0 radical (unpaired) electrons. The number of azo groups is 1. The van der Waals surface area contributed by atoms with Crippen molar-refractivity contribution < 1.29 is 39.7 Å². The van der Waals surface area contributed by atoms with Gasteiger partial charge in [-0.1, -0.05) is 12.0 Å². The lowest BCUT2D eigenvalue weighted by Gasteiger charge is -2.00. The van der Waals surface area contributed by atoms with E-state index in [4.69, 9.17) is 17.3 Å². The maximum absolute atomic E-state index is 6.09. The van der Waals surface area contributed by atoms with E-state index in [-0.39, 0.29) is 35.5 Å². The number of aromatic nitrogens is 4. The van der Waals surface area contributed by atoms with Crippen molar-refractivity contribution in [3.8, 4) is 0 Å². The zero-order valence-corrected chi connectivity index (χ0v) is 18.8. The lowest BCUT2D eigenvalue weighted by atomic mass is 10.4. The third-order valence-electron chi connectivity index (χ3n) is 3.66. The van der Waals surface area contributed by atoms with Gasteiger partial charge in [0.25, 0.3) is 0 Å². The summed E-state index contributed by atoms with van der Waals surface area (Å²) in [6.45, 7) is 5.43. The van der Waals surface area contributed by atoms with Crippen molar-refractivity contribution >= 4 is 29.1 Å². The van der Waals surface area contributed by atoms with Crippen LogP contribution >= 0.6 is 11.6 Å². The molecular weight excluding hydrogens is 457 g/mol. The number of quaternary nitrogens is 1. The number of alkyl halides is 1. The summed E-state index contributed by atoms with van der Waals surface area (Å²) in [5, 5.41) is 13.0. The molecule has 0 aliphatic rings. The Bertz CT molecular complexity index is 672. The van der Waals surface area contributed by atoms with Gasteiger partial charge in [-0.05, 0) is 12.8 Å². The van der Waals surface area contributed by atoms with E-state index < -0.39 is 0 Å². The standard InChI is InChI=1S/C15H25ClN8.BrH.ClH.H3N/c1-2-7-22-10-11-23(8-3-5-16)15(22)21-20-13-12-19-24(14(13)18)9-4-6-17;;;/h10-12,18H,2-9,17H2,1H3;2*1H;1H3. The molecule has 12 heteroatoms. The molecule has 9 nitrogen and oxygen atoms in total. The average molecular weight is 487 g/mol. The quantitative estimate of drug-likeness (QED) is 0.178. The maximum atomic E-state index is 6.09. The molecule has 2 aromatic rings. The van der Waals surface area contributed by atoms with Crippen LogP contribution in [0.4, 0.5) is 17.5 Å². The van der Waals surface area contributed by atoms with E-state index in [0.29, 0.717) is 17.4 Å². The molecule has 8 N–H and O–H groups in total. The first kappa shape index (κ1) is 28.0. The van der Waals surface area contributed by atoms with E-state index in [9.17, 15) is 0 Å². The van der Waals surface area contributed by atoms with Gasteiger partial charge in [0, 0.05) is 24.0 Å². The van der Waals surface area contributed by atoms with Crippen molar-refractivity contribution in [3.63, 3.8) is 0 Å². The number of anilines is 1. The zero-order chi connectivity index (χ0) is 17.4. The Morgan fingerprint density at radius 2 is 2.04 bits per heavy atom. The fraction of sp³-hybridized carbons (Fsp3) is 0.600. The van der Waals surface area contributed by atoms with Gasteiger partial charge < -0.3 is 47.0 Å². The predicted molar refractivity (Wildman–Crippen MR) is 98.5 cm³/mol. The second-order valence-electron chi connectivity index (χ2n) is 5.57. The number of rotatable bonds is 10. The summed E-state index contributed by atoms with van der Waals surface area (Å²) in [6.07, 6.45) is 8.52. The number of nitrogens with two attached hydrogens (primary N) is 1. The molecule has 0 aromatic carbocycles. The number of imidazole rings is 1. The molecule has 2 rings (SSSR count). The van der Waals surface area contributed by atoms with Crippen LogP contribution in [-0.4, -0.2) is 26.8 Å². The Morgan fingerprint density at radius 3 is 2.67 bits per heavy atom. The van der Waals surface area contributed by atoms with Crippen LogP contribution < -0.4 is 51.6 Å². The van der Waals surface area contributed by atoms with E-state index in [1.54, 1.807) is 10.9 Å². The van der Waals surface area contributed by atoms with E-state index in [0.717, 1.165) is 51.4 Å². The van der Waals surface area contributed by atoms with Crippen LogP contribution in [-0.2, 0) is 19.6 Å². The summed E-state index contributed by atoms with van der Waals surface area (Å²) in [4.78, 5) is 0. The molecule has 0 aliphatic carbocycles. The molecule has 0 bridgehead atoms. The van der Waals surface area contributed by atoms with Crippen molar-refractivity contribution in [3.05, 3.63) is 18.6 Å². The number of nitrogens with zero attached hydrogens (tertiary/aromatic N) is 6. The first-order valence-electron chi connectivity index (χ1n) is 8.38. The van der Waals surface area contributed by atoms with Gasteiger partial charge in [-0.3, -0.25) is 0 Å². The second-order valence-corrected chi connectivity index (χ2v) is 5.95. The third kappa shape index (κ3) is 7.74. The molecular formula is C15H30BrCl2N9. The summed E-state index contributed by atoms with van der Waals surface area (Å²) in [5.41, 5.74) is 10.5. The van der Waals surface area contributed by atoms with Gasteiger partial charge in [0.15, 0.2) is 11.5 Å². The van der Waals surface area contributed by atoms with Gasteiger partial charge in [0.2, 0.25) is 0 Å². The molecule has 0 unspecified atom stereocenters. The molecule has 0 saturated carbocycles. The SMILES string of the molecule is CCC[n+]1ccn(CCCCl)c1N=Nc1cnn(CCC[NH3+])c1N.N.[Br-].[Cl-]. The molecule has 0 aliphatic heterocycles. The van der Waals surface area contributed by atoms with E-state index in [1.165, 1.54) is 0 Å². The topological polar surface area (TPSA) is 140 Å². The molecule has 156 valence electrons. The molecule has 2 heterocycles. The van der Waals surface area contributed by atoms with Crippen LogP contribution in [0.5, 0.6) is 0 Å². The fourth-order valence-corrected chi connectivity index (χ4v) is 2.51. The molecule has 2 aromatic heterocycles. The zero-order valence-electron chi connectivity index (χ0n) is 15.7. The Balaban J connectivity index is 0.